The molecule has 2 amide bonds. The Morgan fingerprint density at radius 3 is 2.03 bits per heavy atom. The number of para-hydroxylation sites is 1. The van der Waals surface area contributed by atoms with Crippen LogP contribution in [0.1, 0.15) is 10.4 Å². The third kappa shape index (κ3) is 3.18. The Morgan fingerprint density at radius 2 is 1.39 bits per heavy atom. The van der Waals surface area contributed by atoms with Gasteiger partial charge in [0.1, 0.15) is 17.7 Å². The third-order valence-corrected chi connectivity index (χ3v) is 5.95. The van der Waals surface area contributed by atoms with Gasteiger partial charge in [-0.3, -0.25) is 19.4 Å². The number of anilines is 2. The van der Waals surface area contributed by atoms with Gasteiger partial charge in [0.2, 0.25) is 11.7 Å². The SMILES string of the molecule is O=C(C1=NN(c2ccccc2)[C@H]2C(=O)N(c3ccc(Br)cc3)C(=O)[C@@H]12)c1ccccc1. The summed E-state index contributed by atoms with van der Waals surface area (Å²) in [5.41, 5.74) is 1.62. The summed E-state index contributed by atoms with van der Waals surface area (Å²) in [4.78, 5) is 41.3. The first-order chi connectivity index (χ1) is 15.1. The van der Waals surface area contributed by atoms with Crippen LogP contribution in [0, 0.1) is 5.92 Å². The van der Waals surface area contributed by atoms with Gasteiger partial charge in [0.05, 0.1) is 11.4 Å². The van der Waals surface area contributed by atoms with Crippen LogP contribution in [-0.2, 0) is 9.59 Å². The van der Waals surface area contributed by atoms with E-state index in [9.17, 15) is 14.4 Å². The van der Waals surface area contributed by atoms with Crippen molar-refractivity contribution in [1.82, 2.24) is 0 Å². The van der Waals surface area contributed by atoms with Crippen LogP contribution in [0.15, 0.2) is 94.5 Å². The fourth-order valence-electron chi connectivity index (χ4n) is 3.98. The lowest BCUT2D eigenvalue weighted by molar-refractivity contribution is -0.121. The van der Waals surface area contributed by atoms with Crippen LogP contribution < -0.4 is 9.91 Å². The summed E-state index contributed by atoms with van der Waals surface area (Å²) in [5.74, 6) is -2.17. The van der Waals surface area contributed by atoms with Gasteiger partial charge in [-0.05, 0) is 36.4 Å². The minimum atomic E-state index is -0.968. The molecule has 3 aromatic carbocycles. The smallest absolute Gasteiger partial charge is 0.259 e. The molecule has 3 aromatic rings. The van der Waals surface area contributed by atoms with Crippen LogP contribution in [0.25, 0.3) is 0 Å². The average Bonchev–Trinajstić information content (AvgIpc) is 3.32. The highest BCUT2D eigenvalue weighted by atomic mass is 79.9. The fraction of sp³-hybridized carbons (Fsp3) is 0.0833. The van der Waals surface area contributed by atoms with Crippen LogP contribution in [0.4, 0.5) is 11.4 Å². The number of imide groups is 1. The van der Waals surface area contributed by atoms with Crippen LogP contribution >= 0.6 is 15.9 Å². The normalized spacial score (nSPS) is 20.1. The summed E-state index contributed by atoms with van der Waals surface area (Å²) >= 11 is 3.37. The molecule has 6 nitrogen and oxygen atoms in total. The highest BCUT2D eigenvalue weighted by molar-refractivity contribution is 9.10. The molecule has 7 heteroatoms. The van der Waals surface area contributed by atoms with Gasteiger partial charge in [-0.2, -0.15) is 5.10 Å². The van der Waals surface area contributed by atoms with Gasteiger partial charge in [-0.15, -0.1) is 0 Å². The molecule has 31 heavy (non-hydrogen) atoms. The minimum Gasteiger partial charge on any atom is -0.287 e. The fourth-order valence-corrected chi connectivity index (χ4v) is 4.24. The van der Waals surface area contributed by atoms with Gasteiger partial charge in [0.25, 0.3) is 5.91 Å². The number of rotatable bonds is 4. The molecule has 0 N–H and O–H groups in total. The molecule has 2 aliphatic rings. The van der Waals surface area contributed by atoms with Gasteiger partial charge in [0.15, 0.2) is 0 Å². The van der Waals surface area contributed by atoms with E-state index in [-0.39, 0.29) is 11.5 Å². The summed E-state index contributed by atoms with van der Waals surface area (Å²) in [6, 6.07) is 23.8. The van der Waals surface area contributed by atoms with E-state index in [2.05, 4.69) is 21.0 Å². The summed E-state index contributed by atoms with van der Waals surface area (Å²) in [6.07, 6.45) is 0. The Kier molecular flexibility index (Phi) is 4.75. The maximum absolute atomic E-state index is 13.4. The number of hydrogen-bond acceptors (Lipinski definition) is 5. The van der Waals surface area contributed by atoms with E-state index in [1.165, 1.54) is 5.01 Å². The molecule has 0 radical (unpaired) electrons. The van der Waals surface area contributed by atoms with Crippen molar-refractivity contribution in [3.8, 4) is 0 Å². The van der Waals surface area contributed by atoms with Gasteiger partial charge >= 0.3 is 0 Å². The van der Waals surface area contributed by atoms with Crippen molar-refractivity contribution in [2.75, 3.05) is 9.91 Å². The molecule has 2 heterocycles. The standard InChI is InChI=1S/C24H16BrN3O3/c25-16-11-13-17(14-12-16)27-23(30)19-20(22(29)15-7-3-1-4-8-15)26-28(21(19)24(27)31)18-9-5-2-6-10-18/h1-14,19,21H/t19-,21+/m0/s1. The first-order valence-electron chi connectivity index (χ1n) is 9.72. The van der Waals surface area contributed by atoms with Crippen molar-refractivity contribution in [2.45, 2.75) is 6.04 Å². The Bertz CT molecular complexity index is 1210. The second kappa shape index (κ2) is 7.59. The van der Waals surface area contributed by atoms with Gasteiger partial charge in [-0.1, -0.05) is 64.5 Å². The van der Waals surface area contributed by atoms with Crippen molar-refractivity contribution in [3.05, 3.63) is 95.0 Å². The van der Waals surface area contributed by atoms with Gasteiger partial charge in [0, 0.05) is 10.0 Å². The number of hydrogen-bond donors (Lipinski definition) is 0. The van der Waals surface area contributed by atoms with Gasteiger partial charge in [-0.25, -0.2) is 4.90 Å². The number of Topliss-reactive ketones (excluding diaryl/α,β-unsaturated/α-hetero) is 1. The predicted octanol–water partition coefficient (Wildman–Crippen LogP) is 4.07. The molecule has 0 aliphatic carbocycles. The molecule has 0 unspecified atom stereocenters. The molecule has 5 rings (SSSR count). The summed E-state index contributed by atoms with van der Waals surface area (Å²) in [7, 11) is 0. The number of benzene rings is 3. The Labute approximate surface area is 186 Å². The number of carbonyl (C=O) groups excluding carboxylic acids is 3. The highest BCUT2D eigenvalue weighted by Crippen LogP contribution is 2.38. The number of carbonyl (C=O) groups is 3. The molecule has 0 bridgehead atoms. The number of hydrazone groups is 1. The second-order valence-electron chi connectivity index (χ2n) is 7.27. The predicted molar refractivity (Wildman–Crippen MR) is 121 cm³/mol. The van der Waals surface area contributed by atoms with Crippen molar-refractivity contribution >= 4 is 50.6 Å². The minimum absolute atomic E-state index is 0.0815. The zero-order valence-electron chi connectivity index (χ0n) is 16.2. The van der Waals surface area contributed by atoms with E-state index in [0.29, 0.717) is 16.9 Å². The van der Waals surface area contributed by atoms with Crippen molar-refractivity contribution in [1.29, 1.82) is 0 Å². The number of nitrogens with zero attached hydrogens (tertiary/aromatic N) is 3. The van der Waals surface area contributed by atoms with E-state index in [0.717, 1.165) is 9.37 Å². The summed E-state index contributed by atoms with van der Waals surface area (Å²) < 4.78 is 0.836. The molecule has 1 saturated heterocycles. The summed E-state index contributed by atoms with van der Waals surface area (Å²) in [5, 5.41) is 5.99. The van der Waals surface area contributed by atoms with E-state index in [1.807, 2.05) is 24.3 Å². The van der Waals surface area contributed by atoms with Crippen LogP contribution in [-0.4, -0.2) is 29.4 Å². The van der Waals surface area contributed by atoms with Crippen LogP contribution in [0.3, 0.4) is 0 Å². The number of fused-ring (bicyclic) bond motifs is 1. The average molecular weight is 474 g/mol. The maximum Gasteiger partial charge on any atom is 0.259 e. The monoisotopic (exact) mass is 473 g/mol. The van der Waals surface area contributed by atoms with E-state index in [4.69, 9.17) is 0 Å². The highest BCUT2D eigenvalue weighted by Gasteiger charge is 2.58. The molecule has 152 valence electrons. The topological polar surface area (TPSA) is 70.1 Å². The van der Waals surface area contributed by atoms with E-state index >= 15 is 0 Å². The molecule has 1 fully saturated rings. The molecule has 0 saturated carbocycles. The number of ketones is 1. The quantitative estimate of drug-likeness (QED) is 0.423. The second-order valence-corrected chi connectivity index (χ2v) is 8.19. The van der Waals surface area contributed by atoms with Crippen LogP contribution in [0.2, 0.25) is 0 Å². The molecular formula is C24H16BrN3O3. The maximum atomic E-state index is 13.4. The lowest BCUT2D eigenvalue weighted by atomic mass is 9.92. The van der Waals surface area contributed by atoms with Gasteiger partial charge < -0.3 is 0 Å². The Hall–Kier alpha value is -3.58. The van der Waals surface area contributed by atoms with E-state index in [1.54, 1.807) is 60.7 Å². The first-order valence-corrected chi connectivity index (χ1v) is 10.5. The first kappa shape index (κ1) is 19.4. The van der Waals surface area contributed by atoms with Crippen LogP contribution in [0.5, 0.6) is 0 Å². The molecule has 2 aliphatic heterocycles. The van der Waals surface area contributed by atoms with Crippen molar-refractivity contribution in [2.24, 2.45) is 11.0 Å². The molecule has 0 spiro atoms. The number of amides is 2. The molecule has 2 atom stereocenters. The third-order valence-electron chi connectivity index (χ3n) is 5.42. The Balaban J connectivity index is 1.61. The zero-order valence-corrected chi connectivity index (χ0v) is 17.8. The Morgan fingerprint density at radius 1 is 0.774 bits per heavy atom. The van der Waals surface area contributed by atoms with Crippen molar-refractivity contribution in [3.63, 3.8) is 0 Å². The van der Waals surface area contributed by atoms with Crippen molar-refractivity contribution < 1.29 is 14.4 Å². The lowest BCUT2D eigenvalue weighted by Gasteiger charge is -2.22. The molecular weight excluding hydrogens is 458 g/mol. The lowest BCUT2D eigenvalue weighted by Crippen LogP contribution is -2.39. The zero-order chi connectivity index (χ0) is 21.5. The number of halogens is 1. The largest absolute Gasteiger partial charge is 0.287 e. The van der Waals surface area contributed by atoms with E-state index < -0.39 is 23.8 Å². The summed E-state index contributed by atoms with van der Waals surface area (Å²) in [6.45, 7) is 0. The molecule has 0 aromatic heterocycles.